The van der Waals surface area contributed by atoms with Gasteiger partial charge in [-0.05, 0) is 12.5 Å². The van der Waals surface area contributed by atoms with Crippen LogP contribution in [0.4, 0.5) is 0 Å². The van der Waals surface area contributed by atoms with Crippen molar-refractivity contribution >= 4 is 5.91 Å². The maximum atomic E-state index is 12.3. The molecule has 0 radical (unpaired) electrons. The van der Waals surface area contributed by atoms with Crippen molar-refractivity contribution in [2.45, 2.75) is 18.8 Å². The van der Waals surface area contributed by atoms with Gasteiger partial charge in [0.2, 0.25) is 6.29 Å². The van der Waals surface area contributed by atoms with Crippen LogP contribution < -0.4 is 0 Å². The van der Waals surface area contributed by atoms with Gasteiger partial charge in [0.25, 0.3) is 5.91 Å². The van der Waals surface area contributed by atoms with Gasteiger partial charge in [0.15, 0.2) is 0 Å². The van der Waals surface area contributed by atoms with Crippen LogP contribution in [0.25, 0.3) is 0 Å². The van der Waals surface area contributed by atoms with Gasteiger partial charge in [0.1, 0.15) is 5.60 Å². The third kappa shape index (κ3) is 3.00. The first-order chi connectivity index (χ1) is 9.60. The van der Waals surface area contributed by atoms with Gasteiger partial charge < -0.3 is 19.1 Å². The van der Waals surface area contributed by atoms with Crippen molar-refractivity contribution in [2.24, 2.45) is 0 Å². The molecule has 0 saturated carbocycles. The van der Waals surface area contributed by atoms with Crippen molar-refractivity contribution in [3.63, 3.8) is 0 Å². The summed E-state index contributed by atoms with van der Waals surface area (Å²) in [6.45, 7) is 3.53. The largest absolute Gasteiger partial charge is 0.367 e. The van der Waals surface area contributed by atoms with Crippen LogP contribution in [0.5, 0.6) is 0 Å². The van der Waals surface area contributed by atoms with E-state index < -0.39 is 11.9 Å². The number of hydrogen-bond acceptors (Lipinski definition) is 4. The molecule has 0 bridgehead atoms. The molecule has 1 aromatic carbocycles. The number of ether oxygens (including phenoxy) is 3. The van der Waals surface area contributed by atoms with Gasteiger partial charge in [0.05, 0.1) is 13.2 Å². The monoisotopic (exact) mass is 279 g/mol. The van der Waals surface area contributed by atoms with E-state index >= 15 is 0 Å². The summed E-state index contributed by atoms with van der Waals surface area (Å²) in [5.41, 5.74) is 0.560. The van der Waals surface area contributed by atoms with Gasteiger partial charge in [-0.1, -0.05) is 30.3 Å². The first-order valence-corrected chi connectivity index (χ1v) is 6.64. The normalized spacial score (nSPS) is 23.1. The molecule has 1 amide bonds. The molecule has 0 aliphatic carbocycles. The van der Waals surface area contributed by atoms with Crippen LogP contribution in [0.3, 0.4) is 0 Å². The molecule has 1 aromatic rings. The maximum Gasteiger partial charge on any atom is 0.279 e. The summed E-state index contributed by atoms with van der Waals surface area (Å²) >= 11 is 0. The Bertz CT molecular complexity index is 446. The molecule has 5 nitrogen and oxygen atoms in total. The molecule has 1 fully saturated rings. The summed E-state index contributed by atoms with van der Waals surface area (Å²) in [5, 5.41) is 0. The van der Waals surface area contributed by atoms with Crippen molar-refractivity contribution in [1.29, 1.82) is 0 Å². The fourth-order valence-electron chi connectivity index (χ4n) is 2.47. The zero-order chi connectivity index (χ0) is 14.6. The lowest BCUT2D eigenvalue weighted by atomic mass is 9.94. The molecule has 1 aliphatic rings. The molecular formula is C15H21NO4. The standard InChI is InChI=1S/C15H21NO4/c1-15(12-7-5-4-6-8-12)11-16(9-10-20-15)13(17)14(18-2)19-3/h4-8,14H,9-11H2,1-3H3. The number of benzene rings is 1. The summed E-state index contributed by atoms with van der Waals surface area (Å²) in [7, 11) is 2.92. The van der Waals surface area contributed by atoms with Crippen molar-refractivity contribution in [2.75, 3.05) is 33.9 Å². The van der Waals surface area contributed by atoms with Crippen LogP contribution in [0.2, 0.25) is 0 Å². The zero-order valence-corrected chi connectivity index (χ0v) is 12.2. The maximum absolute atomic E-state index is 12.3. The Labute approximate surface area is 119 Å². The van der Waals surface area contributed by atoms with Gasteiger partial charge in [-0.25, -0.2) is 0 Å². The minimum atomic E-state index is -0.854. The molecule has 5 heteroatoms. The number of carbonyl (C=O) groups excluding carboxylic acids is 1. The summed E-state index contributed by atoms with van der Waals surface area (Å²) < 4.78 is 16.0. The highest BCUT2D eigenvalue weighted by Crippen LogP contribution is 2.29. The summed E-state index contributed by atoms with van der Waals surface area (Å²) in [5.74, 6) is -0.166. The Morgan fingerprint density at radius 3 is 2.55 bits per heavy atom. The van der Waals surface area contributed by atoms with Crippen LogP contribution >= 0.6 is 0 Å². The van der Waals surface area contributed by atoms with Crippen LogP contribution in [0.15, 0.2) is 30.3 Å². The minimum Gasteiger partial charge on any atom is -0.367 e. The molecule has 110 valence electrons. The van der Waals surface area contributed by atoms with E-state index in [1.54, 1.807) is 4.90 Å². The molecule has 0 aromatic heterocycles. The predicted molar refractivity (Wildman–Crippen MR) is 74.1 cm³/mol. The Morgan fingerprint density at radius 2 is 1.95 bits per heavy atom. The second-order valence-corrected chi connectivity index (χ2v) is 5.01. The first-order valence-electron chi connectivity index (χ1n) is 6.64. The molecule has 20 heavy (non-hydrogen) atoms. The number of carbonyl (C=O) groups is 1. The summed E-state index contributed by atoms with van der Waals surface area (Å²) in [6, 6.07) is 9.93. The summed E-state index contributed by atoms with van der Waals surface area (Å²) in [6.07, 6.45) is -0.854. The number of hydrogen-bond donors (Lipinski definition) is 0. The van der Waals surface area contributed by atoms with Crippen LogP contribution in [-0.2, 0) is 24.6 Å². The highest BCUT2D eigenvalue weighted by molar-refractivity contribution is 5.79. The summed E-state index contributed by atoms with van der Waals surface area (Å²) in [4.78, 5) is 14.0. The van der Waals surface area contributed by atoms with Crippen LogP contribution in [0, 0.1) is 0 Å². The lowest BCUT2D eigenvalue weighted by molar-refractivity contribution is -0.182. The lowest BCUT2D eigenvalue weighted by Crippen LogP contribution is -2.53. The minimum absolute atomic E-state index is 0.166. The number of morpholine rings is 1. The van der Waals surface area contributed by atoms with E-state index in [1.165, 1.54) is 14.2 Å². The molecule has 0 N–H and O–H groups in total. The molecule has 2 rings (SSSR count). The van der Waals surface area contributed by atoms with E-state index in [9.17, 15) is 4.79 Å². The van der Waals surface area contributed by atoms with Gasteiger partial charge in [0, 0.05) is 20.8 Å². The molecular weight excluding hydrogens is 258 g/mol. The molecule has 0 spiro atoms. The van der Waals surface area contributed by atoms with Crippen molar-refractivity contribution in [1.82, 2.24) is 4.90 Å². The van der Waals surface area contributed by atoms with Crippen LogP contribution in [-0.4, -0.2) is 51.0 Å². The van der Waals surface area contributed by atoms with Crippen molar-refractivity contribution < 1.29 is 19.0 Å². The first kappa shape index (κ1) is 15.0. The smallest absolute Gasteiger partial charge is 0.279 e. The highest BCUT2D eigenvalue weighted by Gasteiger charge is 2.37. The Kier molecular flexibility index (Phi) is 4.75. The average Bonchev–Trinajstić information content (AvgIpc) is 2.49. The average molecular weight is 279 g/mol. The Hall–Kier alpha value is -1.43. The van der Waals surface area contributed by atoms with E-state index in [2.05, 4.69) is 0 Å². The SMILES string of the molecule is COC(OC)C(=O)N1CCOC(C)(c2ccccc2)C1. The molecule has 1 atom stereocenters. The van der Waals surface area contributed by atoms with Crippen molar-refractivity contribution in [3.05, 3.63) is 35.9 Å². The molecule has 1 saturated heterocycles. The lowest BCUT2D eigenvalue weighted by Gasteiger charge is -2.41. The highest BCUT2D eigenvalue weighted by atomic mass is 16.7. The Balaban J connectivity index is 2.14. The third-order valence-corrected chi connectivity index (χ3v) is 3.60. The Morgan fingerprint density at radius 1 is 1.30 bits per heavy atom. The van der Waals surface area contributed by atoms with Crippen molar-refractivity contribution in [3.8, 4) is 0 Å². The van der Waals surface area contributed by atoms with Gasteiger partial charge in [-0.15, -0.1) is 0 Å². The predicted octanol–water partition coefficient (Wildman–Crippen LogP) is 1.38. The number of nitrogens with zero attached hydrogens (tertiary/aromatic N) is 1. The quantitative estimate of drug-likeness (QED) is 0.781. The van der Waals surface area contributed by atoms with E-state index in [0.717, 1.165) is 5.56 Å². The number of methoxy groups -OCH3 is 2. The van der Waals surface area contributed by atoms with Gasteiger partial charge in [-0.2, -0.15) is 0 Å². The van der Waals surface area contributed by atoms with Crippen LogP contribution in [0.1, 0.15) is 12.5 Å². The van der Waals surface area contributed by atoms with Gasteiger partial charge in [-0.3, -0.25) is 4.79 Å². The van der Waals surface area contributed by atoms with Gasteiger partial charge >= 0.3 is 0 Å². The van der Waals surface area contributed by atoms with E-state index in [1.807, 2.05) is 37.3 Å². The van der Waals surface area contributed by atoms with E-state index in [-0.39, 0.29) is 5.91 Å². The third-order valence-electron chi connectivity index (χ3n) is 3.60. The zero-order valence-electron chi connectivity index (χ0n) is 12.2. The second kappa shape index (κ2) is 6.35. The second-order valence-electron chi connectivity index (χ2n) is 5.01. The van der Waals surface area contributed by atoms with E-state index in [0.29, 0.717) is 19.7 Å². The number of rotatable bonds is 4. The fraction of sp³-hybridized carbons (Fsp3) is 0.533. The molecule has 1 unspecified atom stereocenters. The van der Waals surface area contributed by atoms with E-state index in [4.69, 9.17) is 14.2 Å². The number of amides is 1. The fourth-order valence-corrected chi connectivity index (χ4v) is 2.47. The molecule has 1 heterocycles. The molecule has 1 aliphatic heterocycles. The topological polar surface area (TPSA) is 48.0 Å².